The first kappa shape index (κ1) is 21.3. The molecule has 0 radical (unpaired) electrons. The zero-order valence-electron chi connectivity index (χ0n) is 17.2. The van der Waals surface area contributed by atoms with Gasteiger partial charge in [0.2, 0.25) is 5.91 Å². The summed E-state index contributed by atoms with van der Waals surface area (Å²) >= 11 is 0. The van der Waals surface area contributed by atoms with Crippen molar-refractivity contribution in [2.45, 2.75) is 26.8 Å². The number of carbonyl (C=O) groups excluding carboxylic acids is 1. The number of benzene rings is 2. The second kappa shape index (κ2) is 10.4. The summed E-state index contributed by atoms with van der Waals surface area (Å²) in [5.41, 5.74) is 3.17. The molecule has 2 aromatic carbocycles. The lowest BCUT2D eigenvalue weighted by Gasteiger charge is -2.13. The molecule has 3 rings (SSSR count). The van der Waals surface area contributed by atoms with Crippen LogP contribution in [0, 0.1) is 5.82 Å². The minimum atomic E-state index is -0.320. The molecule has 0 spiro atoms. The summed E-state index contributed by atoms with van der Waals surface area (Å²) in [6.07, 6.45) is 1.88. The van der Waals surface area contributed by atoms with Crippen LogP contribution in [0.4, 0.5) is 4.39 Å². The van der Waals surface area contributed by atoms with Gasteiger partial charge >= 0.3 is 0 Å². The van der Waals surface area contributed by atoms with E-state index in [1.807, 2.05) is 44.2 Å². The molecule has 0 saturated carbocycles. The van der Waals surface area contributed by atoms with Crippen LogP contribution in [0.2, 0.25) is 0 Å². The molecule has 5 nitrogen and oxygen atoms in total. The minimum absolute atomic E-state index is 0. The quantitative estimate of drug-likeness (QED) is 0.551. The van der Waals surface area contributed by atoms with E-state index in [-0.39, 0.29) is 26.1 Å². The van der Waals surface area contributed by atoms with Gasteiger partial charge in [-0.3, -0.25) is 9.78 Å². The number of nitrogens with zero attached hydrogens (tertiary/aromatic N) is 1. The third-order valence-electron chi connectivity index (χ3n) is 4.42. The number of nitrogens with one attached hydrogen (secondary N) is 1. The van der Waals surface area contributed by atoms with Gasteiger partial charge in [-0.05, 0) is 49.7 Å². The monoisotopic (exact) mass is 410 g/mol. The van der Waals surface area contributed by atoms with Crippen molar-refractivity contribution in [3.05, 3.63) is 77.9 Å². The zero-order valence-corrected chi connectivity index (χ0v) is 17.2. The molecule has 0 bridgehead atoms. The van der Waals surface area contributed by atoms with Crippen LogP contribution in [0.25, 0.3) is 11.1 Å². The molecule has 3 aromatic rings. The van der Waals surface area contributed by atoms with Gasteiger partial charge in [-0.25, -0.2) is 4.39 Å². The fourth-order valence-corrected chi connectivity index (χ4v) is 3.04. The molecule has 0 aliphatic heterocycles. The van der Waals surface area contributed by atoms with Crippen LogP contribution >= 0.6 is 0 Å². The van der Waals surface area contributed by atoms with E-state index in [9.17, 15) is 9.18 Å². The van der Waals surface area contributed by atoms with E-state index in [0.29, 0.717) is 24.5 Å². The van der Waals surface area contributed by atoms with Crippen molar-refractivity contribution in [1.29, 1.82) is 0 Å². The van der Waals surface area contributed by atoms with Gasteiger partial charge in [0.25, 0.3) is 0 Å². The highest BCUT2D eigenvalue weighted by molar-refractivity contribution is 5.78. The number of amides is 1. The molecule has 6 heteroatoms. The fraction of sp³-hybridized carbons (Fsp3) is 0.250. The smallest absolute Gasteiger partial charge is 0.226 e. The molecule has 1 aromatic heterocycles. The largest absolute Gasteiger partial charge is 0.494 e. The zero-order chi connectivity index (χ0) is 21.3. The first-order valence-electron chi connectivity index (χ1n) is 9.95. The lowest BCUT2D eigenvalue weighted by Crippen LogP contribution is -2.24. The van der Waals surface area contributed by atoms with E-state index >= 15 is 0 Å². The maximum atomic E-state index is 13.2. The lowest BCUT2D eigenvalue weighted by molar-refractivity contribution is -0.120. The summed E-state index contributed by atoms with van der Waals surface area (Å²) in [6.45, 7) is 5.27. The maximum Gasteiger partial charge on any atom is 0.226 e. The van der Waals surface area contributed by atoms with Crippen LogP contribution in [0.5, 0.6) is 11.5 Å². The molecule has 0 unspecified atom stereocenters. The van der Waals surface area contributed by atoms with E-state index in [1.54, 1.807) is 18.3 Å². The summed E-state index contributed by atoms with van der Waals surface area (Å²) in [5.74, 6) is 0.991. The molecule has 0 saturated heterocycles. The summed E-state index contributed by atoms with van der Waals surface area (Å²) in [6, 6.07) is 15.6. The minimum Gasteiger partial charge on any atom is -0.494 e. The van der Waals surface area contributed by atoms with Crippen molar-refractivity contribution in [1.82, 2.24) is 10.3 Å². The Labute approximate surface area is 177 Å². The highest BCUT2D eigenvalue weighted by Gasteiger charge is 2.10. The molecule has 30 heavy (non-hydrogen) atoms. The molecule has 158 valence electrons. The Balaban J connectivity index is 0.00000341. The maximum absolute atomic E-state index is 13.2. The fourth-order valence-electron chi connectivity index (χ4n) is 3.04. The molecule has 1 N–H and O–H groups in total. The number of rotatable bonds is 9. The number of carbonyl (C=O) groups is 1. The first-order valence-corrected chi connectivity index (χ1v) is 9.95. The molecular weight excluding hydrogens is 383 g/mol. The average Bonchev–Trinajstić information content (AvgIpc) is 2.74. The van der Waals surface area contributed by atoms with Crippen LogP contribution in [0.1, 0.15) is 26.5 Å². The van der Waals surface area contributed by atoms with Crippen LogP contribution in [0.3, 0.4) is 0 Å². The Kier molecular flexibility index (Phi) is 7.38. The van der Waals surface area contributed by atoms with Crippen molar-refractivity contribution < 1.29 is 20.1 Å². The van der Waals surface area contributed by atoms with Crippen molar-refractivity contribution in [3.8, 4) is 22.6 Å². The van der Waals surface area contributed by atoms with E-state index in [1.165, 1.54) is 12.1 Å². The van der Waals surface area contributed by atoms with Crippen LogP contribution in [0.15, 0.2) is 60.8 Å². The predicted molar refractivity (Wildman–Crippen MR) is 116 cm³/mol. The summed E-state index contributed by atoms with van der Waals surface area (Å²) in [7, 11) is 0. The Morgan fingerprint density at radius 2 is 1.90 bits per heavy atom. The standard InChI is InChI=1S/C24H25FN2O3.H2/c1-3-29-21-10-11-22(23(14-21)30-4-2)18-8-9-20(26-16-18)13-24(28)27-15-17-6-5-7-19(25)12-17;/h5-12,14,16H,3-4,13,15H2,1-2H3,(H,27,28);1H. The van der Waals surface area contributed by atoms with Crippen molar-refractivity contribution in [3.63, 3.8) is 0 Å². The highest BCUT2D eigenvalue weighted by Crippen LogP contribution is 2.33. The van der Waals surface area contributed by atoms with Crippen LogP contribution < -0.4 is 14.8 Å². The number of hydrogen-bond donors (Lipinski definition) is 1. The third kappa shape index (κ3) is 5.80. The van der Waals surface area contributed by atoms with Gasteiger partial charge in [0, 0.05) is 37.1 Å². The Morgan fingerprint density at radius 3 is 2.60 bits per heavy atom. The van der Waals surface area contributed by atoms with E-state index in [0.717, 1.165) is 22.6 Å². The van der Waals surface area contributed by atoms with Crippen LogP contribution in [-0.4, -0.2) is 24.1 Å². The van der Waals surface area contributed by atoms with Gasteiger partial charge in [0.05, 0.1) is 19.6 Å². The highest BCUT2D eigenvalue weighted by atomic mass is 19.1. The van der Waals surface area contributed by atoms with Crippen molar-refractivity contribution in [2.24, 2.45) is 0 Å². The van der Waals surface area contributed by atoms with E-state index < -0.39 is 0 Å². The second-order valence-electron chi connectivity index (χ2n) is 6.65. The molecule has 1 amide bonds. The number of halogens is 1. The lowest BCUT2D eigenvalue weighted by atomic mass is 10.1. The summed E-state index contributed by atoms with van der Waals surface area (Å²) < 4.78 is 24.5. The van der Waals surface area contributed by atoms with Gasteiger partial charge in [0.1, 0.15) is 17.3 Å². The molecule has 1 heterocycles. The van der Waals surface area contributed by atoms with Gasteiger partial charge in [0.15, 0.2) is 0 Å². The Bertz CT molecular complexity index is 996. The average molecular weight is 410 g/mol. The molecule has 0 aliphatic rings. The Hall–Kier alpha value is -3.41. The number of hydrogen-bond acceptors (Lipinski definition) is 4. The third-order valence-corrected chi connectivity index (χ3v) is 4.42. The number of ether oxygens (including phenoxy) is 2. The van der Waals surface area contributed by atoms with Gasteiger partial charge in [-0.15, -0.1) is 0 Å². The Morgan fingerprint density at radius 1 is 1.07 bits per heavy atom. The number of aromatic nitrogens is 1. The topological polar surface area (TPSA) is 60.5 Å². The molecule has 0 aliphatic carbocycles. The second-order valence-corrected chi connectivity index (χ2v) is 6.65. The molecule has 0 atom stereocenters. The van der Waals surface area contributed by atoms with E-state index in [4.69, 9.17) is 9.47 Å². The predicted octanol–water partition coefficient (Wildman–Crippen LogP) is 4.79. The SMILES string of the molecule is CCOc1ccc(-c2ccc(CC(=O)NCc3cccc(F)c3)nc2)c(OCC)c1.[HH]. The van der Waals surface area contributed by atoms with Crippen LogP contribution in [-0.2, 0) is 17.8 Å². The number of pyridine rings is 1. The van der Waals surface area contributed by atoms with Crippen molar-refractivity contribution in [2.75, 3.05) is 13.2 Å². The normalized spacial score (nSPS) is 10.5. The molecular formula is C24H27FN2O3. The van der Waals surface area contributed by atoms with Gasteiger partial charge < -0.3 is 14.8 Å². The van der Waals surface area contributed by atoms with E-state index in [2.05, 4.69) is 10.3 Å². The summed E-state index contributed by atoms with van der Waals surface area (Å²) in [4.78, 5) is 16.6. The van der Waals surface area contributed by atoms with Gasteiger partial charge in [-0.1, -0.05) is 18.2 Å². The first-order chi connectivity index (χ1) is 14.6. The van der Waals surface area contributed by atoms with Crippen molar-refractivity contribution >= 4 is 5.91 Å². The summed E-state index contributed by atoms with van der Waals surface area (Å²) in [5, 5.41) is 2.79. The van der Waals surface area contributed by atoms with Gasteiger partial charge in [-0.2, -0.15) is 0 Å². The molecule has 0 fully saturated rings.